The fourth-order valence-electron chi connectivity index (χ4n) is 2.74. The lowest BCUT2D eigenvalue weighted by atomic mass is 9.89. The molecule has 0 saturated carbocycles. The van der Waals surface area contributed by atoms with Gasteiger partial charge < -0.3 is 0 Å². The van der Waals surface area contributed by atoms with E-state index in [2.05, 4.69) is 47.7 Å². The Morgan fingerprint density at radius 1 is 1.53 bits per heavy atom. The maximum Gasteiger partial charge on any atom is 0.199 e. The van der Waals surface area contributed by atoms with Gasteiger partial charge in [0, 0.05) is 12.0 Å². The summed E-state index contributed by atoms with van der Waals surface area (Å²) in [5.74, 6) is -1.07. The Balaban J connectivity index is 2.60. The number of aromatic nitrogens is 1. The highest BCUT2D eigenvalue weighted by Gasteiger charge is 2.49. The molecule has 96 valence electrons. The average molecular weight is 368 g/mol. The van der Waals surface area contributed by atoms with Crippen molar-refractivity contribution in [3.63, 3.8) is 0 Å². The molecule has 1 aliphatic rings. The van der Waals surface area contributed by atoms with Crippen molar-refractivity contribution in [1.29, 1.82) is 0 Å². The topological polar surface area (TPSA) is 16.1 Å². The van der Waals surface area contributed by atoms with Crippen molar-refractivity contribution in [2.24, 2.45) is 0 Å². The lowest BCUT2D eigenvalue weighted by Crippen LogP contribution is -2.53. The molecule has 1 aliphatic heterocycles. The minimum absolute atomic E-state index is 0.171. The molecule has 17 heavy (non-hydrogen) atoms. The van der Waals surface area contributed by atoms with Crippen LogP contribution in [0.1, 0.15) is 49.7 Å². The zero-order chi connectivity index (χ0) is 13.0. The van der Waals surface area contributed by atoms with Gasteiger partial charge in [-0.05, 0) is 44.8 Å². The van der Waals surface area contributed by atoms with Crippen LogP contribution in [-0.4, -0.2) is 19.4 Å². The van der Waals surface area contributed by atoms with Crippen molar-refractivity contribution < 1.29 is 4.39 Å². The molecule has 0 amide bonds. The van der Waals surface area contributed by atoms with Gasteiger partial charge in [0.25, 0.3) is 0 Å². The predicted molar refractivity (Wildman–Crippen MR) is 78.5 cm³/mol. The fourth-order valence-corrected chi connectivity index (χ4v) is 5.30. The van der Waals surface area contributed by atoms with Gasteiger partial charge in [0.2, 0.25) is 0 Å². The van der Waals surface area contributed by atoms with Gasteiger partial charge in [0.15, 0.2) is 5.79 Å². The van der Waals surface area contributed by atoms with Crippen molar-refractivity contribution in [1.82, 2.24) is 9.27 Å². The second kappa shape index (κ2) is 4.42. The summed E-state index contributed by atoms with van der Waals surface area (Å²) in [6.45, 7) is 9.92. The highest BCUT2D eigenvalue weighted by molar-refractivity contribution is 14.1. The number of hydrogen-bond donors (Lipinski definition) is 0. The maximum absolute atomic E-state index is 15.1. The Kier molecular flexibility index (Phi) is 3.55. The molecule has 2 rings (SSSR count). The molecule has 2 nitrogen and oxygen atoms in total. The van der Waals surface area contributed by atoms with E-state index in [1.807, 2.05) is 11.8 Å². The van der Waals surface area contributed by atoms with Gasteiger partial charge in [-0.15, -0.1) is 0 Å². The third-order valence-electron chi connectivity index (χ3n) is 3.50. The summed E-state index contributed by atoms with van der Waals surface area (Å²) in [6.07, 6.45) is 0. The lowest BCUT2D eigenvalue weighted by molar-refractivity contribution is -0.0615. The molecule has 0 radical (unpaired) electrons. The molecular formula is C12H18FIN2S. The van der Waals surface area contributed by atoms with Crippen LogP contribution in [0.2, 0.25) is 0 Å². The first-order valence-corrected chi connectivity index (χ1v) is 7.88. The highest BCUT2D eigenvalue weighted by atomic mass is 127. The first-order valence-electron chi connectivity index (χ1n) is 5.86. The smallest absolute Gasteiger partial charge is 0.199 e. The van der Waals surface area contributed by atoms with Crippen molar-refractivity contribution >= 4 is 34.1 Å². The summed E-state index contributed by atoms with van der Waals surface area (Å²) in [5.41, 5.74) is 2.11. The van der Waals surface area contributed by atoms with Crippen LogP contribution in [0.25, 0.3) is 0 Å². The zero-order valence-corrected chi connectivity index (χ0v) is 13.8. The minimum Gasteiger partial charge on any atom is -0.252 e. The van der Waals surface area contributed by atoms with Crippen LogP contribution in [-0.2, 0) is 5.79 Å². The van der Waals surface area contributed by atoms with Crippen LogP contribution in [0.4, 0.5) is 4.39 Å². The zero-order valence-electron chi connectivity index (χ0n) is 10.8. The summed E-state index contributed by atoms with van der Waals surface area (Å²) in [5, 5.41) is 0. The Bertz CT molecular complexity index is 430. The van der Waals surface area contributed by atoms with Gasteiger partial charge in [-0.3, -0.25) is 4.90 Å². The van der Waals surface area contributed by atoms with Gasteiger partial charge in [-0.1, -0.05) is 29.5 Å². The van der Waals surface area contributed by atoms with Crippen LogP contribution in [0.5, 0.6) is 0 Å². The number of hydrogen-bond acceptors (Lipinski definition) is 3. The number of aryl methyl sites for hydroxylation is 1. The average Bonchev–Trinajstić information content (AvgIpc) is 2.57. The summed E-state index contributed by atoms with van der Waals surface area (Å²) in [6, 6.07) is 0.185. The van der Waals surface area contributed by atoms with E-state index in [1.54, 1.807) is 6.92 Å². The van der Waals surface area contributed by atoms with Crippen molar-refractivity contribution in [3.8, 4) is 0 Å². The SMILES string of the molecule is Cc1nsc2c1C(C)C(I)N(C(C)C)C2(C)F. The molecule has 0 spiro atoms. The summed E-state index contributed by atoms with van der Waals surface area (Å²) in [7, 11) is 0. The molecule has 1 aromatic heterocycles. The largest absolute Gasteiger partial charge is 0.252 e. The maximum atomic E-state index is 15.1. The molecule has 0 bridgehead atoms. The first-order chi connectivity index (χ1) is 7.78. The van der Waals surface area contributed by atoms with E-state index in [0.717, 1.165) is 16.1 Å². The van der Waals surface area contributed by atoms with E-state index in [0.29, 0.717) is 5.92 Å². The minimum atomic E-state index is -1.40. The van der Waals surface area contributed by atoms with Crippen molar-refractivity contribution in [2.75, 3.05) is 0 Å². The molecule has 0 saturated heterocycles. The van der Waals surface area contributed by atoms with E-state index in [9.17, 15) is 0 Å². The summed E-state index contributed by atoms with van der Waals surface area (Å²) < 4.78 is 19.6. The number of nitrogens with zero attached hydrogens (tertiary/aromatic N) is 2. The van der Waals surface area contributed by atoms with Gasteiger partial charge in [-0.25, -0.2) is 4.39 Å². The quantitative estimate of drug-likeness (QED) is 0.420. The first kappa shape index (κ1) is 13.7. The van der Waals surface area contributed by atoms with Gasteiger partial charge in [-0.2, -0.15) is 4.37 Å². The number of halogens is 2. The van der Waals surface area contributed by atoms with Crippen LogP contribution in [0.3, 0.4) is 0 Å². The molecule has 0 aromatic carbocycles. The lowest BCUT2D eigenvalue weighted by Gasteiger charge is -2.47. The third kappa shape index (κ3) is 1.94. The predicted octanol–water partition coefficient (Wildman–Crippen LogP) is 4.18. The van der Waals surface area contributed by atoms with Gasteiger partial charge in [0.1, 0.15) is 0 Å². The molecule has 0 N–H and O–H groups in total. The van der Waals surface area contributed by atoms with Crippen LogP contribution >= 0.6 is 34.1 Å². The Morgan fingerprint density at radius 2 is 2.12 bits per heavy atom. The van der Waals surface area contributed by atoms with E-state index >= 15 is 4.39 Å². The standard InChI is InChI=1S/C12H18FIN2S/c1-6(2)16-11(14)7(3)9-8(4)15-17-10(9)12(16,5)13/h6-7,11H,1-5H3. The molecule has 5 heteroatoms. The monoisotopic (exact) mass is 368 g/mol. The number of fused-ring (bicyclic) bond motifs is 1. The Labute approximate surface area is 120 Å². The van der Waals surface area contributed by atoms with Crippen molar-refractivity contribution in [2.45, 2.75) is 56.4 Å². The number of rotatable bonds is 1. The second-order valence-corrected chi connectivity index (χ2v) is 7.18. The second-order valence-electron chi connectivity index (χ2n) is 5.13. The number of alkyl halides is 2. The third-order valence-corrected chi connectivity index (χ3v) is 6.32. The Morgan fingerprint density at radius 3 is 2.65 bits per heavy atom. The molecule has 2 heterocycles. The van der Waals surface area contributed by atoms with E-state index in [1.165, 1.54) is 11.5 Å². The molecule has 3 atom stereocenters. The Hall–Kier alpha value is 0.250. The van der Waals surface area contributed by atoms with Crippen LogP contribution in [0.15, 0.2) is 0 Å². The highest BCUT2D eigenvalue weighted by Crippen LogP contribution is 2.50. The summed E-state index contributed by atoms with van der Waals surface area (Å²) >= 11 is 3.67. The van der Waals surface area contributed by atoms with Crippen LogP contribution < -0.4 is 0 Å². The van der Waals surface area contributed by atoms with Crippen LogP contribution in [0, 0.1) is 6.92 Å². The normalized spacial score (nSPS) is 34.1. The molecular weight excluding hydrogens is 350 g/mol. The van der Waals surface area contributed by atoms with E-state index in [-0.39, 0.29) is 10.1 Å². The van der Waals surface area contributed by atoms with Gasteiger partial charge in [0.05, 0.1) is 14.6 Å². The van der Waals surface area contributed by atoms with Gasteiger partial charge >= 0.3 is 0 Å². The fraction of sp³-hybridized carbons (Fsp3) is 0.750. The van der Waals surface area contributed by atoms with E-state index in [4.69, 9.17) is 0 Å². The molecule has 0 aliphatic carbocycles. The summed E-state index contributed by atoms with van der Waals surface area (Å²) in [4.78, 5) is 2.75. The molecule has 0 fully saturated rings. The van der Waals surface area contributed by atoms with Crippen molar-refractivity contribution in [3.05, 3.63) is 16.1 Å². The molecule has 1 aromatic rings. The molecule has 3 unspecified atom stereocenters. The van der Waals surface area contributed by atoms with E-state index < -0.39 is 5.79 Å².